The lowest BCUT2D eigenvalue weighted by Gasteiger charge is -2.43. The number of rotatable bonds is 8. The van der Waals surface area contributed by atoms with Crippen LogP contribution in [-0.4, -0.2) is 23.0 Å². The summed E-state index contributed by atoms with van der Waals surface area (Å²) in [6, 6.07) is 82.5. The molecule has 0 bridgehead atoms. The lowest BCUT2D eigenvalue weighted by Crippen LogP contribution is -2.77. The second kappa shape index (κ2) is 18.3. The normalized spacial score (nSPS) is 14.6. The Kier molecular flexibility index (Phi) is 10.5. The molecule has 1 fully saturated rings. The van der Waals surface area contributed by atoms with E-state index in [1.54, 1.807) is 12.7 Å². The molecule has 0 radical (unpaired) electrons. The van der Waals surface area contributed by atoms with E-state index in [4.69, 9.17) is 19.4 Å². The summed E-state index contributed by atoms with van der Waals surface area (Å²) in [5, 5.41) is 4.73. The molecule has 11 aromatic rings. The van der Waals surface area contributed by atoms with Crippen molar-refractivity contribution in [2.45, 2.75) is 31.6 Å². The van der Waals surface area contributed by atoms with Gasteiger partial charge in [-0.25, -0.2) is 15.0 Å². The van der Waals surface area contributed by atoms with Gasteiger partial charge in [0.05, 0.1) is 0 Å². The van der Waals surface area contributed by atoms with Gasteiger partial charge in [-0.15, -0.1) is 0 Å². The highest BCUT2D eigenvalue weighted by atomic mass is 28.3. The molecule has 352 valence electrons. The van der Waals surface area contributed by atoms with Crippen molar-refractivity contribution in [2.75, 3.05) is 0 Å². The summed E-state index contributed by atoms with van der Waals surface area (Å²) in [4.78, 5) is 14.3. The molecule has 2 aliphatic heterocycles. The third kappa shape index (κ3) is 7.01. The Balaban J connectivity index is 1.14. The van der Waals surface area contributed by atoms with Crippen LogP contribution in [0.5, 0.6) is 23.0 Å². The fraction of sp³-hybridized carbons (Fsp3) is 0.0735. The molecular formula is C68H49N3O2Si. The summed E-state index contributed by atoms with van der Waals surface area (Å²) in [5.41, 5.74) is 14.3. The highest BCUT2D eigenvalue weighted by molar-refractivity contribution is 7.21. The van der Waals surface area contributed by atoms with Crippen molar-refractivity contribution >= 4 is 28.8 Å². The van der Waals surface area contributed by atoms with Gasteiger partial charge in [-0.1, -0.05) is 219 Å². The molecule has 0 atom stereocenters. The van der Waals surface area contributed by atoms with Gasteiger partial charge in [0.1, 0.15) is 35.7 Å². The summed E-state index contributed by atoms with van der Waals surface area (Å²) in [6.07, 6.45) is 6.74. The van der Waals surface area contributed by atoms with E-state index in [2.05, 4.69) is 236 Å². The Hall–Kier alpha value is -8.97. The number of fused-ring (bicyclic) bond motifs is 8. The van der Waals surface area contributed by atoms with E-state index in [1.807, 2.05) is 0 Å². The zero-order valence-electron chi connectivity index (χ0n) is 41.6. The highest BCUT2D eigenvalue weighted by Crippen LogP contribution is 2.56. The standard InChI is InChI=1S/C68H49N3O2Si/c1-5-24-46(25-6-1)61-63(48-28-9-3-10-29-48)66(68-70-43-69-44-71-68)64(49-30-11-4-12-31-49)62(47-26-7-2-8-27-47)65(61)51-33-21-32-50(42-51)60-52(45-22-13-14-23-45)40-41-59-67(60)73-55-36-17-20-39-58(55)74(59)56-37-18-15-34-53(56)72-54-35-16-19-38-57(54)74/h1-12,15-21,24-45H,13-14,22-23H2/i45D. The summed E-state index contributed by atoms with van der Waals surface area (Å²) >= 11 is 0. The third-order valence-corrected chi connectivity index (χ3v) is 20.2. The van der Waals surface area contributed by atoms with Crippen LogP contribution in [0.1, 0.15) is 38.5 Å². The lowest BCUT2D eigenvalue weighted by atomic mass is 9.75. The van der Waals surface area contributed by atoms with Crippen molar-refractivity contribution in [3.05, 3.63) is 249 Å². The predicted molar refractivity (Wildman–Crippen MR) is 303 cm³/mol. The Bertz CT molecular complexity index is 3790. The van der Waals surface area contributed by atoms with Gasteiger partial charge in [-0.2, -0.15) is 0 Å². The number of nitrogens with zero attached hydrogens (tertiary/aromatic N) is 3. The Morgan fingerprint density at radius 2 is 0.757 bits per heavy atom. The maximum Gasteiger partial charge on any atom is 0.196 e. The fourth-order valence-corrected chi connectivity index (χ4v) is 17.5. The van der Waals surface area contributed by atoms with E-state index in [9.17, 15) is 1.37 Å². The average molecular weight is 969 g/mol. The second-order valence-corrected chi connectivity index (χ2v) is 23.0. The minimum atomic E-state index is -3.14. The molecule has 5 nitrogen and oxygen atoms in total. The molecule has 14 rings (SSSR count). The fourth-order valence-electron chi connectivity index (χ4n) is 12.4. The van der Waals surface area contributed by atoms with Crippen molar-refractivity contribution in [1.29, 1.82) is 0 Å². The Labute approximate surface area is 433 Å². The number of aromatic nitrogens is 3. The first-order chi connectivity index (χ1) is 37.1. The molecule has 1 aliphatic carbocycles. The van der Waals surface area contributed by atoms with E-state index in [0.717, 1.165) is 132 Å². The molecule has 0 unspecified atom stereocenters. The molecule has 1 spiro atoms. The number of ether oxygens (including phenoxy) is 2. The van der Waals surface area contributed by atoms with Gasteiger partial charge in [-0.05, 0) is 119 Å². The van der Waals surface area contributed by atoms with E-state index in [0.29, 0.717) is 5.82 Å². The number of para-hydroxylation sites is 3. The molecule has 3 aliphatic rings. The maximum absolute atomic E-state index is 10.4. The van der Waals surface area contributed by atoms with Crippen LogP contribution in [0.25, 0.3) is 78.1 Å². The van der Waals surface area contributed by atoms with Gasteiger partial charge in [-0.3, -0.25) is 0 Å². The first kappa shape index (κ1) is 42.7. The minimum Gasteiger partial charge on any atom is -0.458 e. The molecule has 1 aromatic heterocycles. The predicted octanol–water partition coefficient (Wildman–Crippen LogP) is 14.8. The van der Waals surface area contributed by atoms with Crippen LogP contribution in [0.2, 0.25) is 0 Å². The zero-order valence-corrected chi connectivity index (χ0v) is 41.6. The van der Waals surface area contributed by atoms with Crippen LogP contribution >= 0.6 is 0 Å². The summed E-state index contributed by atoms with van der Waals surface area (Å²) in [5.74, 6) is 3.18. The van der Waals surface area contributed by atoms with Gasteiger partial charge in [0.15, 0.2) is 13.9 Å². The average Bonchev–Trinajstić information content (AvgIpc) is 3.97. The topological polar surface area (TPSA) is 57.1 Å². The Morgan fingerprint density at radius 3 is 1.24 bits per heavy atom. The van der Waals surface area contributed by atoms with Crippen molar-refractivity contribution in [1.82, 2.24) is 15.0 Å². The summed E-state index contributed by atoms with van der Waals surface area (Å²) in [6.45, 7) is 0. The van der Waals surface area contributed by atoms with Crippen LogP contribution in [0, 0.1) is 0 Å². The molecule has 6 heteroatoms. The SMILES string of the molecule is [2H]C1(c2ccc3c(c2-c2cccc(-c4c(-c5ccccc5)c(-c5ccccc5)c(-c5ncncn5)c(-c5ccccc5)c4-c4ccccc4)c2)Oc2ccccc2[Si]32c3ccccc3Oc3ccccc32)CCCC1. The van der Waals surface area contributed by atoms with Gasteiger partial charge >= 0.3 is 0 Å². The quantitative estimate of drug-likeness (QED) is 0.142. The third-order valence-electron chi connectivity index (χ3n) is 15.4. The first-order valence-electron chi connectivity index (χ1n) is 26.1. The number of benzene rings is 10. The van der Waals surface area contributed by atoms with Crippen molar-refractivity contribution < 1.29 is 10.8 Å². The summed E-state index contributed by atoms with van der Waals surface area (Å²) < 4.78 is 24.7. The van der Waals surface area contributed by atoms with E-state index >= 15 is 0 Å². The molecule has 1 saturated carbocycles. The lowest BCUT2D eigenvalue weighted by molar-refractivity contribution is 0.482. The van der Waals surface area contributed by atoms with Gasteiger partial charge < -0.3 is 9.47 Å². The molecule has 10 aromatic carbocycles. The van der Waals surface area contributed by atoms with E-state index in [-0.39, 0.29) is 0 Å². The monoisotopic (exact) mass is 968 g/mol. The van der Waals surface area contributed by atoms with Crippen molar-refractivity contribution in [3.8, 4) is 101 Å². The summed E-state index contributed by atoms with van der Waals surface area (Å²) in [7, 11) is -3.14. The largest absolute Gasteiger partial charge is 0.458 e. The highest BCUT2D eigenvalue weighted by Gasteiger charge is 2.53. The van der Waals surface area contributed by atoms with Gasteiger partial charge in [0.2, 0.25) is 0 Å². The molecule has 0 N–H and O–H groups in total. The van der Waals surface area contributed by atoms with Crippen LogP contribution in [0.3, 0.4) is 0 Å². The first-order valence-corrected chi connectivity index (χ1v) is 27.6. The van der Waals surface area contributed by atoms with Gasteiger partial charge in [0.25, 0.3) is 0 Å². The van der Waals surface area contributed by atoms with Crippen molar-refractivity contribution in [3.63, 3.8) is 0 Å². The van der Waals surface area contributed by atoms with Crippen molar-refractivity contribution in [2.24, 2.45) is 0 Å². The van der Waals surface area contributed by atoms with Crippen LogP contribution < -0.4 is 30.2 Å². The second-order valence-electron chi connectivity index (χ2n) is 19.4. The molecule has 3 heterocycles. The number of hydrogen-bond acceptors (Lipinski definition) is 5. The smallest absolute Gasteiger partial charge is 0.196 e. The number of hydrogen-bond donors (Lipinski definition) is 0. The van der Waals surface area contributed by atoms with Crippen LogP contribution in [-0.2, 0) is 0 Å². The molecule has 0 amide bonds. The van der Waals surface area contributed by atoms with Crippen LogP contribution in [0.15, 0.2) is 243 Å². The maximum atomic E-state index is 10.4. The zero-order chi connectivity index (χ0) is 49.9. The molecule has 0 saturated heterocycles. The van der Waals surface area contributed by atoms with Gasteiger partial charge in [0, 0.05) is 23.6 Å². The van der Waals surface area contributed by atoms with E-state index < -0.39 is 14.0 Å². The van der Waals surface area contributed by atoms with Crippen LogP contribution in [0.4, 0.5) is 0 Å². The Morgan fingerprint density at radius 1 is 0.365 bits per heavy atom. The van der Waals surface area contributed by atoms with E-state index in [1.165, 1.54) is 15.6 Å². The molecular weight excluding hydrogens is 919 g/mol. The molecule has 74 heavy (non-hydrogen) atoms. The minimum absolute atomic E-state index is 0.585.